The van der Waals surface area contributed by atoms with Crippen LogP contribution >= 0.6 is 11.6 Å². The highest BCUT2D eigenvalue weighted by Gasteiger charge is 2.31. The maximum atomic E-state index is 13.9. The standard InChI is InChI=1S/C32H40ClN3O4S/c1-23(2)34-32(38)30(21-26-10-7-6-8-11-26)35(22-27-13-15-28(33)16-14-27)31(37)12-9-17-36(41(5,39)40)29-19-24(3)18-25(4)20-29/h6-8,10-11,13-16,18-20,23,30H,9,12,17,21-22H2,1-5H3,(H,34,38)/t30-/m1/s1. The lowest BCUT2D eigenvalue weighted by Crippen LogP contribution is -2.51. The Kier molecular flexibility index (Phi) is 11.4. The van der Waals surface area contributed by atoms with Crippen LogP contribution in [0.1, 0.15) is 48.9 Å². The van der Waals surface area contributed by atoms with Crippen LogP contribution in [0.25, 0.3) is 0 Å². The van der Waals surface area contributed by atoms with Crippen LogP contribution in [0.3, 0.4) is 0 Å². The second kappa shape index (κ2) is 14.5. The van der Waals surface area contributed by atoms with Crippen molar-refractivity contribution in [1.29, 1.82) is 0 Å². The normalized spacial score (nSPS) is 12.2. The molecule has 9 heteroatoms. The largest absolute Gasteiger partial charge is 0.352 e. The van der Waals surface area contributed by atoms with Gasteiger partial charge in [-0.1, -0.05) is 60.1 Å². The number of halogens is 1. The Morgan fingerprint density at radius 3 is 2.07 bits per heavy atom. The van der Waals surface area contributed by atoms with E-state index < -0.39 is 16.1 Å². The van der Waals surface area contributed by atoms with Gasteiger partial charge in [0, 0.05) is 37.0 Å². The van der Waals surface area contributed by atoms with Crippen LogP contribution < -0.4 is 9.62 Å². The molecule has 220 valence electrons. The average molecular weight is 598 g/mol. The summed E-state index contributed by atoms with van der Waals surface area (Å²) in [6.07, 6.45) is 1.88. The molecule has 3 rings (SSSR count). The smallest absolute Gasteiger partial charge is 0.243 e. The maximum Gasteiger partial charge on any atom is 0.243 e. The van der Waals surface area contributed by atoms with Crippen LogP contribution in [0, 0.1) is 13.8 Å². The molecule has 1 atom stereocenters. The molecular formula is C32H40ClN3O4S. The van der Waals surface area contributed by atoms with E-state index in [0.717, 1.165) is 22.3 Å². The zero-order valence-electron chi connectivity index (χ0n) is 24.4. The van der Waals surface area contributed by atoms with Gasteiger partial charge in [0.2, 0.25) is 21.8 Å². The fourth-order valence-corrected chi connectivity index (χ4v) is 5.89. The number of benzene rings is 3. The molecule has 1 N–H and O–H groups in total. The van der Waals surface area contributed by atoms with Crippen molar-refractivity contribution in [2.75, 3.05) is 17.1 Å². The molecule has 0 saturated carbocycles. The third-order valence-corrected chi connectivity index (χ3v) is 8.06. The van der Waals surface area contributed by atoms with Gasteiger partial charge in [-0.2, -0.15) is 0 Å². The van der Waals surface area contributed by atoms with Gasteiger partial charge >= 0.3 is 0 Å². The van der Waals surface area contributed by atoms with E-state index in [0.29, 0.717) is 23.6 Å². The summed E-state index contributed by atoms with van der Waals surface area (Å²) in [4.78, 5) is 29.0. The van der Waals surface area contributed by atoms with Crippen molar-refractivity contribution >= 4 is 39.1 Å². The molecule has 3 aromatic rings. The van der Waals surface area contributed by atoms with Crippen molar-refractivity contribution in [3.05, 3.63) is 100 Å². The Hall–Kier alpha value is -3.36. The predicted octanol–water partition coefficient (Wildman–Crippen LogP) is 5.67. The van der Waals surface area contributed by atoms with Gasteiger partial charge < -0.3 is 10.2 Å². The minimum Gasteiger partial charge on any atom is -0.352 e. The third kappa shape index (κ3) is 9.90. The molecule has 41 heavy (non-hydrogen) atoms. The van der Waals surface area contributed by atoms with E-state index in [1.54, 1.807) is 17.0 Å². The fourth-order valence-electron chi connectivity index (χ4n) is 4.82. The van der Waals surface area contributed by atoms with Crippen molar-refractivity contribution < 1.29 is 18.0 Å². The van der Waals surface area contributed by atoms with Gasteiger partial charge in [0.1, 0.15) is 6.04 Å². The molecule has 0 bridgehead atoms. The number of sulfonamides is 1. The molecule has 0 aliphatic heterocycles. The summed E-state index contributed by atoms with van der Waals surface area (Å²) in [5, 5.41) is 3.56. The van der Waals surface area contributed by atoms with Gasteiger partial charge in [-0.3, -0.25) is 13.9 Å². The molecule has 0 spiro atoms. The van der Waals surface area contributed by atoms with E-state index in [-0.39, 0.29) is 37.4 Å². The lowest BCUT2D eigenvalue weighted by Gasteiger charge is -2.32. The van der Waals surface area contributed by atoms with Crippen LogP contribution in [0.5, 0.6) is 0 Å². The SMILES string of the molecule is Cc1cc(C)cc(N(CCCC(=O)N(Cc2ccc(Cl)cc2)[C@H](Cc2ccccc2)C(=O)NC(C)C)S(C)(=O)=O)c1. The number of nitrogens with one attached hydrogen (secondary N) is 1. The predicted molar refractivity (Wildman–Crippen MR) is 167 cm³/mol. The highest BCUT2D eigenvalue weighted by Crippen LogP contribution is 2.23. The Balaban J connectivity index is 1.89. The van der Waals surface area contributed by atoms with Gasteiger partial charge in [-0.25, -0.2) is 8.42 Å². The summed E-state index contributed by atoms with van der Waals surface area (Å²) in [7, 11) is -3.57. The Bertz CT molecular complexity index is 1410. The van der Waals surface area contributed by atoms with Crippen molar-refractivity contribution in [2.24, 2.45) is 0 Å². The molecule has 0 aliphatic rings. The summed E-state index contributed by atoms with van der Waals surface area (Å²) in [5.74, 6) is -0.465. The van der Waals surface area contributed by atoms with Crippen LogP contribution in [-0.2, 0) is 32.6 Å². The Morgan fingerprint density at radius 1 is 0.902 bits per heavy atom. The van der Waals surface area contributed by atoms with E-state index >= 15 is 0 Å². The molecule has 3 aromatic carbocycles. The molecule has 0 heterocycles. The van der Waals surface area contributed by atoms with E-state index in [2.05, 4.69) is 5.32 Å². The second-order valence-corrected chi connectivity index (χ2v) is 13.1. The van der Waals surface area contributed by atoms with E-state index in [9.17, 15) is 18.0 Å². The number of nitrogens with zero attached hydrogens (tertiary/aromatic N) is 2. The van der Waals surface area contributed by atoms with Crippen molar-refractivity contribution in [1.82, 2.24) is 10.2 Å². The molecule has 0 radical (unpaired) electrons. The molecule has 0 fully saturated rings. The highest BCUT2D eigenvalue weighted by molar-refractivity contribution is 7.92. The summed E-state index contributed by atoms with van der Waals surface area (Å²) < 4.78 is 26.8. The van der Waals surface area contributed by atoms with E-state index in [4.69, 9.17) is 11.6 Å². The Morgan fingerprint density at radius 2 is 1.51 bits per heavy atom. The van der Waals surface area contributed by atoms with Crippen LogP contribution in [0.4, 0.5) is 5.69 Å². The van der Waals surface area contributed by atoms with Crippen molar-refractivity contribution in [3.63, 3.8) is 0 Å². The molecule has 2 amide bonds. The van der Waals surface area contributed by atoms with Crippen LogP contribution in [0.15, 0.2) is 72.8 Å². The first kappa shape index (κ1) is 32.2. The number of amides is 2. The minimum absolute atomic E-state index is 0.0741. The zero-order valence-corrected chi connectivity index (χ0v) is 26.0. The van der Waals surface area contributed by atoms with Gasteiger partial charge in [-0.05, 0) is 80.6 Å². The first-order chi connectivity index (χ1) is 19.3. The van der Waals surface area contributed by atoms with Crippen LogP contribution in [-0.4, -0.2) is 50.0 Å². The number of aryl methyl sites for hydroxylation is 2. The zero-order chi connectivity index (χ0) is 30.2. The number of rotatable bonds is 13. The molecule has 0 aliphatic carbocycles. The molecule has 0 unspecified atom stereocenters. The van der Waals surface area contributed by atoms with Gasteiger partial charge in [-0.15, -0.1) is 0 Å². The van der Waals surface area contributed by atoms with E-state index in [1.807, 2.05) is 88.4 Å². The topological polar surface area (TPSA) is 86.8 Å². The van der Waals surface area contributed by atoms with Crippen LogP contribution in [0.2, 0.25) is 5.02 Å². The average Bonchev–Trinajstić information content (AvgIpc) is 2.88. The summed E-state index contributed by atoms with van der Waals surface area (Å²) >= 11 is 6.09. The van der Waals surface area contributed by atoms with Gasteiger partial charge in [0.15, 0.2) is 0 Å². The highest BCUT2D eigenvalue weighted by atomic mass is 35.5. The lowest BCUT2D eigenvalue weighted by molar-refractivity contribution is -0.141. The number of anilines is 1. The Labute approximate surface area is 249 Å². The third-order valence-electron chi connectivity index (χ3n) is 6.61. The van der Waals surface area contributed by atoms with E-state index in [1.165, 1.54) is 10.6 Å². The molecule has 0 saturated heterocycles. The van der Waals surface area contributed by atoms with Crippen molar-refractivity contribution in [2.45, 2.75) is 65.6 Å². The summed E-state index contributed by atoms with van der Waals surface area (Å²) in [6, 6.07) is 21.6. The second-order valence-electron chi connectivity index (χ2n) is 10.8. The number of hydrogen-bond acceptors (Lipinski definition) is 4. The summed E-state index contributed by atoms with van der Waals surface area (Å²) in [5.41, 5.74) is 4.26. The molecular weight excluding hydrogens is 558 g/mol. The quantitative estimate of drug-likeness (QED) is 0.275. The lowest BCUT2D eigenvalue weighted by atomic mass is 10.0. The monoisotopic (exact) mass is 597 g/mol. The van der Waals surface area contributed by atoms with Crippen molar-refractivity contribution in [3.8, 4) is 0 Å². The fraction of sp³-hybridized carbons (Fsp3) is 0.375. The number of hydrogen-bond donors (Lipinski definition) is 1. The first-order valence-corrected chi connectivity index (χ1v) is 16.0. The minimum atomic E-state index is -3.57. The van der Waals surface area contributed by atoms with Gasteiger partial charge in [0.25, 0.3) is 0 Å². The number of carbonyl (C=O) groups is 2. The number of carbonyl (C=O) groups excluding carboxylic acids is 2. The van der Waals surface area contributed by atoms with Gasteiger partial charge in [0.05, 0.1) is 11.9 Å². The summed E-state index contributed by atoms with van der Waals surface area (Å²) in [6.45, 7) is 7.97. The first-order valence-electron chi connectivity index (χ1n) is 13.8. The molecule has 0 aromatic heterocycles. The maximum absolute atomic E-state index is 13.9. The molecule has 7 nitrogen and oxygen atoms in total.